The number of hydrogen-bond donors (Lipinski definition) is 2. The Balaban J connectivity index is 1.61. The van der Waals surface area contributed by atoms with Crippen molar-refractivity contribution in [2.75, 3.05) is 36.5 Å². The van der Waals surface area contributed by atoms with Crippen molar-refractivity contribution in [2.45, 2.75) is 13.8 Å². The van der Waals surface area contributed by atoms with E-state index in [1.807, 2.05) is 26.1 Å². The zero-order valence-electron chi connectivity index (χ0n) is 12.9. The second-order valence-electron chi connectivity index (χ2n) is 5.37. The number of piperazine rings is 1. The molecule has 7 heteroatoms. The van der Waals surface area contributed by atoms with Gasteiger partial charge < -0.3 is 10.2 Å². The molecule has 22 heavy (non-hydrogen) atoms. The van der Waals surface area contributed by atoms with E-state index in [1.165, 1.54) is 18.1 Å². The Labute approximate surface area is 134 Å². The predicted molar refractivity (Wildman–Crippen MR) is 90.9 cm³/mol. The molecule has 3 rings (SSSR count). The number of rotatable bonds is 4. The fourth-order valence-corrected chi connectivity index (χ4v) is 3.41. The van der Waals surface area contributed by atoms with E-state index < -0.39 is 0 Å². The van der Waals surface area contributed by atoms with E-state index in [9.17, 15) is 0 Å². The average molecular weight is 317 g/mol. The van der Waals surface area contributed by atoms with Crippen molar-refractivity contribution in [3.05, 3.63) is 34.5 Å². The summed E-state index contributed by atoms with van der Waals surface area (Å²) in [6.45, 7) is 8.48. The number of aryl methyl sites for hydroxylation is 2. The van der Waals surface area contributed by atoms with E-state index in [-0.39, 0.29) is 0 Å². The van der Waals surface area contributed by atoms with Crippen LogP contribution >= 0.6 is 11.3 Å². The Bertz CT molecular complexity index is 640. The molecule has 0 spiro atoms. The van der Waals surface area contributed by atoms with Gasteiger partial charge in [0, 0.05) is 16.3 Å². The Morgan fingerprint density at radius 2 is 1.95 bits per heavy atom. The first-order valence-corrected chi connectivity index (χ1v) is 8.30. The van der Waals surface area contributed by atoms with Crippen LogP contribution in [0.25, 0.3) is 0 Å². The van der Waals surface area contributed by atoms with Crippen molar-refractivity contribution in [1.29, 1.82) is 0 Å². The molecule has 0 aromatic carbocycles. The molecule has 1 saturated heterocycles. The number of hydrogen-bond acceptors (Lipinski definition) is 6. The Morgan fingerprint density at radius 3 is 2.68 bits per heavy atom. The van der Waals surface area contributed by atoms with Gasteiger partial charge in [0.2, 0.25) is 5.95 Å². The number of quaternary nitrogens is 1. The van der Waals surface area contributed by atoms with Gasteiger partial charge >= 0.3 is 0 Å². The van der Waals surface area contributed by atoms with Crippen LogP contribution < -0.4 is 15.6 Å². The van der Waals surface area contributed by atoms with E-state index in [4.69, 9.17) is 0 Å². The van der Waals surface area contributed by atoms with Crippen LogP contribution in [0.4, 0.5) is 10.9 Å². The normalized spacial score (nSPS) is 15.5. The highest BCUT2D eigenvalue weighted by Gasteiger charge is 2.14. The third-order valence-electron chi connectivity index (χ3n) is 3.47. The van der Waals surface area contributed by atoms with Gasteiger partial charge in [-0.1, -0.05) is 0 Å². The van der Waals surface area contributed by atoms with Crippen LogP contribution in [0.3, 0.4) is 0 Å². The van der Waals surface area contributed by atoms with Gasteiger partial charge in [0.05, 0.1) is 37.4 Å². The summed E-state index contributed by atoms with van der Waals surface area (Å²) in [6, 6.07) is 6.22. The molecular formula is C15H21N6S+. The highest BCUT2D eigenvalue weighted by Crippen LogP contribution is 2.24. The minimum absolute atomic E-state index is 0.539. The molecule has 2 aromatic rings. The standard InChI is InChI=1S/C15H20N6S/c1-11-9-12(2)19-15(18-11)20-17-10-13-3-4-14(22-13)21-7-5-16-6-8-21/h3-4,9-10,16H,5-8H2,1-2H3,(H,18,19,20)/p+1/b17-10-. The predicted octanol–water partition coefficient (Wildman–Crippen LogP) is 0.984. The highest BCUT2D eigenvalue weighted by atomic mass is 32.1. The number of hydrazone groups is 1. The molecule has 0 unspecified atom stereocenters. The zero-order valence-corrected chi connectivity index (χ0v) is 13.7. The van der Waals surface area contributed by atoms with E-state index in [0.717, 1.165) is 29.4 Å². The van der Waals surface area contributed by atoms with E-state index in [0.29, 0.717) is 5.95 Å². The van der Waals surface area contributed by atoms with Gasteiger partial charge in [-0.25, -0.2) is 15.4 Å². The summed E-state index contributed by atoms with van der Waals surface area (Å²) in [5.41, 5.74) is 4.77. The summed E-state index contributed by atoms with van der Waals surface area (Å²) in [7, 11) is 0. The summed E-state index contributed by atoms with van der Waals surface area (Å²) < 4.78 is 0. The summed E-state index contributed by atoms with van der Waals surface area (Å²) in [5.74, 6) is 0.539. The van der Waals surface area contributed by atoms with Crippen molar-refractivity contribution >= 4 is 28.5 Å². The second-order valence-corrected chi connectivity index (χ2v) is 6.47. The molecule has 0 radical (unpaired) electrons. The SMILES string of the molecule is Cc1cc(C)nc(N/N=C\c2ccc(N3CC[NH2+]CC3)s2)n1. The summed E-state index contributed by atoms with van der Waals surface area (Å²) >= 11 is 1.76. The lowest BCUT2D eigenvalue weighted by Crippen LogP contribution is -2.89. The van der Waals surface area contributed by atoms with Crippen molar-refractivity contribution < 1.29 is 5.32 Å². The molecule has 0 aliphatic carbocycles. The monoisotopic (exact) mass is 317 g/mol. The lowest BCUT2D eigenvalue weighted by molar-refractivity contribution is -0.655. The maximum atomic E-state index is 4.30. The third kappa shape index (κ3) is 3.80. The van der Waals surface area contributed by atoms with Gasteiger partial charge in [0.15, 0.2) is 0 Å². The van der Waals surface area contributed by atoms with Gasteiger partial charge in [-0.3, -0.25) is 0 Å². The fraction of sp³-hybridized carbons (Fsp3) is 0.400. The number of nitrogens with one attached hydrogen (secondary N) is 1. The topological polar surface area (TPSA) is 70.0 Å². The molecule has 1 aliphatic heterocycles. The minimum Gasteiger partial charge on any atom is -0.352 e. The van der Waals surface area contributed by atoms with E-state index >= 15 is 0 Å². The van der Waals surface area contributed by atoms with Crippen molar-refractivity contribution in [3.63, 3.8) is 0 Å². The Kier molecular flexibility index (Phi) is 4.65. The maximum Gasteiger partial charge on any atom is 0.243 e. The summed E-state index contributed by atoms with van der Waals surface area (Å²) in [4.78, 5) is 12.2. The van der Waals surface area contributed by atoms with E-state index in [2.05, 4.69) is 42.8 Å². The molecule has 0 atom stereocenters. The highest BCUT2D eigenvalue weighted by molar-refractivity contribution is 7.17. The first-order chi connectivity index (χ1) is 10.7. The van der Waals surface area contributed by atoms with Crippen molar-refractivity contribution in [2.24, 2.45) is 5.10 Å². The summed E-state index contributed by atoms with van der Waals surface area (Å²) in [6.07, 6.45) is 1.82. The van der Waals surface area contributed by atoms with Gasteiger partial charge in [-0.05, 0) is 32.0 Å². The van der Waals surface area contributed by atoms with Crippen LogP contribution in [0.5, 0.6) is 0 Å². The third-order valence-corrected chi connectivity index (χ3v) is 4.55. The molecule has 3 N–H and O–H groups in total. The molecular weight excluding hydrogens is 296 g/mol. The zero-order chi connectivity index (χ0) is 15.4. The number of nitrogens with zero attached hydrogens (tertiary/aromatic N) is 4. The molecule has 116 valence electrons. The molecule has 0 saturated carbocycles. The quantitative estimate of drug-likeness (QED) is 0.651. The minimum atomic E-state index is 0.539. The van der Waals surface area contributed by atoms with Crippen LogP contribution in [0, 0.1) is 13.8 Å². The molecule has 2 aromatic heterocycles. The first-order valence-electron chi connectivity index (χ1n) is 7.48. The van der Waals surface area contributed by atoms with E-state index in [1.54, 1.807) is 11.3 Å². The number of nitrogens with two attached hydrogens (primary N) is 1. The van der Waals surface area contributed by atoms with Gasteiger partial charge in [-0.15, -0.1) is 11.3 Å². The van der Waals surface area contributed by atoms with Crippen LogP contribution in [0.2, 0.25) is 0 Å². The lowest BCUT2D eigenvalue weighted by Gasteiger charge is -2.25. The van der Waals surface area contributed by atoms with Crippen LogP contribution in [0.1, 0.15) is 16.3 Å². The number of anilines is 2. The van der Waals surface area contributed by atoms with Crippen LogP contribution in [-0.4, -0.2) is 42.4 Å². The average Bonchev–Trinajstić information content (AvgIpc) is 2.96. The molecule has 0 amide bonds. The maximum absolute atomic E-state index is 4.30. The van der Waals surface area contributed by atoms with Crippen LogP contribution in [-0.2, 0) is 0 Å². The van der Waals surface area contributed by atoms with Crippen LogP contribution in [0.15, 0.2) is 23.3 Å². The Hall–Kier alpha value is -1.99. The molecule has 1 fully saturated rings. The largest absolute Gasteiger partial charge is 0.352 e. The molecule has 3 heterocycles. The lowest BCUT2D eigenvalue weighted by atomic mass is 10.4. The van der Waals surface area contributed by atoms with Gasteiger partial charge in [-0.2, -0.15) is 5.10 Å². The Morgan fingerprint density at radius 1 is 1.23 bits per heavy atom. The van der Waals surface area contributed by atoms with Gasteiger partial charge in [0.25, 0.3) is 0 Å². The number of thiophene rings is 1. The first kappa shape index (κ1) is 14.9. The summed E-state index contributed by atoms with van der Waals surface area (Å²) in [5, 5.41) is 7.92. The number of aromatic nitrogens is 2. The second kappa shape index (κ2) is 6.85. The van der Waals surface area contributed by atoms with Crippen molar-refractivity contribution in [1.82, 2.24) is 9.97 Å². The van der Waals surface area contributed by atoms with Crippen molar-refractivity contribution in [3.8, 4) is 0 Å². The smallest absolute Gasteiger partial charge is 0.243 e. The fourth-order valence-electron chi connectivity index (χ4n) is 2.48. The molecule has 0 bridgehead atoms. The molecule has 1 aliphatic rings. The van der Waals surface area contributed by atoms with Gasteiger partial charge in [0.1, 0.15) is 0 Å². The molecule has 6 nitrogen and oxygen atoms in total.